The fourth-order valence-electron chi connectivity index (χ4n) is 1.96. The first-order valence-corrected chi connectivity index (χ1v) is 6.42. The molecule has 1 aliphatic rings. The Balaban J connectivity index is 2.00. The van der Waals surface area contributed by atoms with Crippen molar-refractivity contribution in [1.82, 2.24) is 4.90 Å². The van der Waals surface area contributed by atoms with E-state index in [2.05, 4.69) is 6.07 Å². The number of carbonyl (C=O) groups is 1. The van der Waals surface area contributed by atoms with Crippen molar-refractivity contribution >= 4 is 17.7 Å². The van der Waals surface area contributed by atoms with Gasteiger partial charge in [0.05, 0.1) is 12.5 Å². The second-order valence-electron chi connectivity index (χ2n) is 4.67. The monoisotopic (exact) mass is 255 g/mol. The van der Waals surface area contributed by atoms with Gasteiger partial charge >= 0.3 is 0 Å². The molecular weight excluding hydrogens is 238 g/mol. The fourth-order valence-corrected chi connectivity index (χ4v) is 1.96. The molecule has 1 saturated carbocycles. The first-order valence-electron chi connectivity index (χ1n) is 6.42. The van der Waals surface area contributed by atoms with Crippen LogP contribution in [0.5, 0.6) is 0 Å². The average Bonchev–Trinajstić information content (AvgIpc) is 3.21. The van der Waals surface area contributed by atoms with Crippen molar-refractivity contribution in [1.29, 1.82) is 5.26 Å². The maximum Gasteiger partial charge on any atom is 0.246 e. The molecule has 0 aromatic heterocycles. The van der Waals surface area contributed by atoms with Gasteiger partial charge in [-0.3, -0.25) is 4.79 Å². The van der Waals surface area contributed by atoms with E-state index in [9.17, 15) is 4.79 Å². The molecule has 0 aliphatic heterocycles. The molecule has 0 radical (unpaired) electrons. The number of carbonyl (C=O) groups excluding carboxylic acids is 1. The van der Waals surface area contributed by atoms with Crippen molar-refractivity contribution in [3.05, 3.63) is 35.9 Å². The Labute approximate surface area is 113 Å². The third-order valence-corrected chi connectivity index (χ3v) is 3.06. The highest BCUT2D eigenvalue weighted by molar-refractivity contribution is 5.92. The third-order valence-electron chi connectivity index (χ3n) is 3.06. The highest BCUT2D eigenvalue weighted by atomic mass is 16.2. The van der Waals surface area contributed by atoms with Gasteiger partial charge in [0.15, 0.2) is 0 Å². The number of nitriles is 1. The Hall–Kier alpha value is -2.28. The standard InChI is InChI=1S/C15H17N3O/c16-9-2-10-18(14-6-7-14)15(19)8-5-12-3-1-4-13(17)11-12/h1,3-5,8,11,14H,2,6-7,10,17H2/b8-5+. The van der Waals surface area contributed by atoms with Crippen LogP contribution < -0.4 is 5.73 Å². The number of nitrogens with zero attached hydrogens (tertiary/aromatic N) is 2. The number of nitrogens with two attached hydrogens (primary N) is 1. The zero-order chi connectivity index (χ0) is 13.7. The van der Waals surface area contributed by atoms with E-state index in [1.807, 2.05) is 24.3 Å². The third kappa shape index (κ3) is 3.85. The van der Waals surface area contributed by atoms with E-state index in [1.54, 1.807) is 17.1 Å². The Morgan fingerprint density at radius 2 is 2.32 bits per heavy atom. The number of benzene rings is 1. The molecule has 19 heavy (non-hydrogen) atoms. The van der Waals surface area contributed by atoms with Crippen LogP contribution in [0.3, 0.4) is 0 Å². The SMILES string of the molecule is N#CCCN(C(=O)/C=C/c1cccc(N)c1)C1CC1. The van der Waals surface area contributed by atoms with E-state index >= 15 is 0 Å². The number of rotatable bonds is 5. The van der Waals surface area contributed by atoms with E-state index in [-0.39, 0.29) is 5.91 Å². The predicted octanol–water partition coefficient (Wildman–Crippen LogP) is 2.19. The summed E-state index contributed by atoms with van der Waals surface area (Å²) in [5.74, 6) is -0.0276. The van der Waals surface area contributed by atoms with Crippen LogP contribution >= 0.6 is 0 Å². The number of nitrogen functional groups attached to an aromatic ring is 1. The summed E-state index contributed by atoms with van der Waals surface area (Å²) >= 11 is 0. The molecule has 98 valence electrons. The number of anilines is 1. The molecule has 0 bridgehead atoms. The van der Waals surface area contributed by atoms with Crippen molar-refractivity contribution in [2.24, 2.45) is 0 Å². The van der Waals surface area contributed by atoms with E-state index in [1.165, 1.54) is 0 Å². The summed E-state index contributed by atoms with van der Waals surface area (Å²) in [5.41, 5.74) is 7.27. The molecule has 1 aromatic rings. The molecule has 2 N–H and O–H groups in total. The lowest BCUT2D eigenvalue weighted by atomic mass is 10.2. The molecule has 1 aliphatic carbocycles. The molecule has 1 fully saturated rings. The van der Waals surface area contributed by atoms with E-state index in [4.69, 9.17) is 11.0 Å². The van der Waals surface area contributed by atoms with Crippen molar-refractivity contribution in [3.63, 3.8) is 0 Å². The highest BCUT2D eigenvalue weighted by Crippen LogP contribution is 2.27. The van der Waals surface area contributed by atoms with E-state index in [0.29, 0.717) is 24.7 Å². The zero-order valence-electron chi connectivity index (χ0n) is 10.7. The average molecular weight is 255 g/mol. The Morgan fingerprint density at radius 1 is 1.53 bits per heavy atom. The molecule has 0 atom stereocenters. The molecule has 0 heterocycles. The van der Waals surface area contributed by atoms with Crippen LogP contribution in [0.25, 0.3) is 6.08 Å². The van der Waals surface area contributed by atoms with Crippen LogP contribution in [-0.2, 0) is 4.79 Å². The van der Waals surface area contributed by atoms with Gasteiger partial charge in [0.25, 0.3) is 0 Å². The van der Waals surface area contributed by atoms with Gasteiger partial charge in [-0.2, -0.15) is 5.26 Å². The van der Waals surface area contributed by atoms with Crippen molar-refractivity contribution in [2.45, 2.75) is 25.3 Å². The molecule has 0 unspecified atom stereocenters. The van der Waals surface area contributed by atoms with Gasteiger partial charge in [0.1, 0.15) is 0 Å². The molecule has 2 rings (SSSR count). The highest BCUT2D eigenvalue weighted by Gasteiger charge is 2.30. The predicted molar refractivity (Wildman–Crippen MR) is 74.9 cm³/mol. The summed E-state index contributed by atoms with van der Waals surface area (Å²) in [7, 11) is 0. The van der Waals surface area contributed by atoms with Crippen LogP contribution in [0.15, 0.2) is 30.3 Å². The van der Waals surface area contributed by atoms with E-state index < -0.39 is 0 Å². The van der Waals surface area contributed by atoms with Gasteiger partial charge in [-0.25, -0.2) is 0 Å². The first kappa shape index (κ1) is 13.2. The lowest BCUT2D eigenvalue weighted by Gasteiger charge is -2.19. The zero-order valence-corrected chi connectivity index (χ0v) is 10.7. The second kappa shape index (κ2) is 6.05. The van der Waals surface area contributed by atoms with Gasteiger partial charge in [-0.15, -0.1) is 0 Å². The molecule has 1 amide bonds. The van der Waals surface area contributed by atoms with Gasteiger partial charge < -0.3 is 10.6 Å². The number of amides is 1. The van der Waals surface area contributed by atoms with Crippen LogP contribution in [0.2, 0.25) is 0 Å². The summed E-state index contributed by atoms with van der Waals surface area (Å²) in [6.45, 7) is 0.515. The Bertz CT molecular complexity index is 526. The molecule has 4 heteroatoms. The van der Waals surface area contributed by atoms with Crippen LogP contribution in [0.4, 0.5) is 5.69 Å². The van der Waals surface area contributed by atoms with Crippen LogP contribution in [0, 0.1) is 11.3 Å². The minimum Gasteiger partial charge on any atom is -0.399 e. The van der Waals surface area contributed by atoms with Crippen molar-refractivity contribution < 1.29 is 4.79 Å². The fraction of sp³-hybridized carbons (Fsp3) is 0.333. The quantitative estimate of drug-likeness (QED) is 0.647. The largest absolute Gasteiger partial charge is 0.399 e. The van der Waals surface area contributed by atoms with Crippen molar-refractivity contribution in [2.75, 3.05) is 12.3 Å². The van der Waals surface area contributed by atoms with Crippen LogP contribution in [0.1, 0.15) is 24.8 Å². The smallest absolute Gasteiger partial charge is 0.246 e. The van der Waals surface area contributed by atoms with Gasteiger partial charge in [0.2, 0.25) is 5.91 Å². The van der Waals surface area contributed by atoms with Crippen molar-refractivity contribution in [3.8, 4) is 6.07 Å². The van der Waals surface area contributed by atoms with Gasteiger partial charge in [-0.05, 0) is 36.6 Å². The topological polar surface area (TPSA) is 70.1 Å². The summed E-state index contributed by atoms with van der Waals surface area (Å²) in [6.07, 6.45) is 5.80. The Morgan fingerprint density at radius 3 is 2.95 bits per heavy atom. The van der Waals surface area contributed by atoms with Gasteiger partial charge in [-0.1, -0.05) is 12.1 Å². The number of hydrogen-bond acceptors (Lipinski definition) is 3. The van der Waals surface area contributed by atoms with E-state index in [0.717, 1.165) is 18.4 Å². The molecule has 0 spiro atoms. The molecule has 4 nitrogen and oxygen atoms in total. The lowest BCUT2D eigenvalue weighted by Crippen LogP contribution is -2.32. The molecular formula is C15H17N3O. The number of hydrogen-bond donors (Lipinski definition) is 1. The molecule has 1 aromatic carbocycles. The van der Waals surface area contributed by atoms with Crippen LogP contribution in [-0.4, -0.2) is 23.4 Å². The minimum absolute atomic E-state index is 0.0276. The summed E-state index contributed by atoms with van der Waals surface area (Å²) < 4.78 is 0. The maximum absolute atomic E-state index is 12.1. The minimum atomic E-state index is -0.0276. The second-order valence-corrected chi connectivity index (χ2v) is 4.67. The van der Waals surface area contributed by atoms with Gasteiger partial charge in [0, 0.05) is 24.4 Å². The normalized spacial score (nSPS) is 14.3. The summed E-state index contributed by atoms with van der Waals surface area (Å²) in [4.78, 5) is 13.9. The Kier molecular flexibility index (Phi) is 4.19. The summed E-state index contributed by atoms with van der Waals surface area (Å²) in [5, 5.41) is 8.62. The lowest BCUT2D eigenvalue weighted by molar-refractivity contribution is -0.126. The first-order chi connectivity index (χ1) is 9.20. The maximum atomic E-state index is 12.1. The summed E-state index contributed by atoms with van der Waals surface area (Å²) in [6, 6.07) is 9.79. The molecule has 0 saturated heterocycles.